The molecule has 0 saturated heterocycles. The van der Waals surface area contributed by atoms with E-state index in [1.165, 1.54) is 12.8 Å². The number of aliphatic hydroxyl groups is 1. The first-order valence-electron chi connectivity index (χ1n) is 8.98. The van der Waals surface area contributed by atoms with E-state index in [2.05, 4.69) is 51.8 Å². The Morgan fingerprint density at radius 3 is 2.19 bits per heavy atom. The van der Waals surface area contributed by atoms with Crippen LogP contribution in [0.4, 0.5) is 0 Å². The Hall–Kier alpha value is -0.120. The highest BCUT2D eigenvalue weighted by Gasteiger charge is 2.28. The van der Waals surface area contributed by atoms with Crippen molar-refractivity contribution in [1.29, 1.82) is 0 Å². The van der Waals surface area contributed by atoms with E-state index in [4.69, 9.17) is 0 Å². The fraction of sp³-hybridized carbons (Fsp3) is 1.00. The van der Waals surface area contributed by atoms with Gasteiger partial charge >= 0.3 is 0 Å². The largest absolute Gasteiger partial charge is 0.395 e. The van der Waals surface area contributed by atoms with Gasteiger partial charge in [0.2, 0.25) is 0 Å². The fourth-order valence-corrected chi connectivity index (χ4v) is 3.30. The maximum Gasteiger partial charge on any atom is 0.0558 e. The third-order valence-corrected chi connectivity index (χ3v) is 4.39. The Bertz CT molecular complexity index is 241. The van der Waals surface area contributed by atoms with Crippen LogP contribution in [0.15, 0.2) is 0 Å². The maximum atomic E-state index is 9.39. The maximum absolute atomic E-state index is 9.39. The van der Waals surface area contributed by atoms with Crippen molar-refractivity contribution >= 4 is 0 Å². The minimum atomic E-state index is 0.262. The lowest BCUT2D eigenvalue weighted by atomic mass is 9.84. The monoisotopic (exact) mass is 300 g/mol. The molecule has 1 unspecified atom stereocenters. The number of nitrogens with zero attached hydrogens (tertiary/aromatic N) is 1. The standard InChI is InChI=1S/C18H40N2O/c1-7-10-18(6,14-19-13-16(4)5)15-20(11-12-21)17(8-2)9-3/h16-17,19,21H,7-15H2,1-6H3. The molecule has 0 amide bonds. The molecule has 0 fully saturated rings. The van der Waals surface area contributed by atoms with Gasteiger partial charge in [0.25, 0.3) is 0 Å². The quantitative estimate of drug-likeness (QED) is 0.546. The summed E-state index contributed by atoms with van der Waals surface area (Å²) in [5.74, 6) is 0.698. The summed E-state index contributed by atoms with van der Waals surface area (Å²) < 4.78 is 0. The molecule has 0 aliphatic rings. The molecular weight excluding hydrogens is 260 g/mol. The van der Waals surface area contributed by atoms with Crippen molar-refractivity contribution in [2.45, 2.75) is 73.3 Å². The molecule has 3 heteroatoms. The highest BCUT2D eigenvalue weighted by molar-refractivity contribution is 4.83. The van der Waals surface area contributed by atoms with Crippen LogP contribution in [0.1, 0.15) is 67.2 Å². The predicted molar refractivity (Wildman–Crippen MR) is 93.8 cm³/mol. The molecule has 3 nitrogen and oxygen atoms in total. The van der Waals surface area contributed by atoms with Crippen LogP contribution in [0.2, 0.25) is 0 Å². The summed E-state index contributed by atoms with van der Waals surface area (Å²) in [4.78, 5) is 2.51. The SMILES string of the molecule is CCCC(C)(CNCC(C)C)CN(CCO)C(CC)CC. The van der Waals surface area contributed by atoms with E-state index in [9.17, 15) is 5.11 Å². The molecule has 21 heavy (non-hydrogen) atoms. The van der Waals surface area contributed by atoms with Gasteiger partial charge < -0.3 is 10.4 Å². The number of aliphatic hydroxyl groups excluding tert-OH is 1. The molecule has 0 spiro atoms. The zero-order valence-electron chi connectivity index (χ0n) is 15.4. The summed E-state index contributed by atoms with van der Waals surface area (Å²) in [6.45, 7) is 18.0. The minimum Gasteiger partial charge on any atom is -0.395 e. The van der Waals surface area contributed by atoms with Gasteiger partial charge in [-0.05, 0) is 37.1 Å². The van der Waals surface area contributed by atoms with Crippen LogP contribution >= 0.6 is 0 Å². The number of nitrogens with one attached hydrogen (secondary N) is 1. The molecule has 0 aromatic carbocycles. The van der Waals surface area contributed by atoms with Crippen molar-refractivity contribution in [1.82, 2.24) is 10.2 Å². The van der Waals surface area contributed by atoms with Gasteiger partial charge in [-0.2, -0.15) is 0 Å². The topological polar surface area (TPSA) is 35.5 Å². The first kappa shape index (κ1) is 20.9. The lowest BCUT2D eigenvalue weighted by molar-refractivity contribution is 0.0840. The van der Waals surface area contributed by atoms with E-state index in [0.29, 0.717) is 17.4 Å². The number of hydrogen-bond acceptors (Lipinski definition) is 3. The summed E-state index contributed by atoms with van der Waals surface area (Å²) in [7, 11) is 0. The zero-order valence-corrected chi connectivity index (χ0v) is 15.4. The Morgan fingerprint density at radius 2 is 1.76 bits per heavy atom. The summed E-state index contributed by atoms with van der Waals surface area (Å²) in [5.41, 5.74) is 0.293. The van der Waals surface area contributed by atoms with Crippen molar-refractivity contribution in [3.05, 3.63) is 0 Å². The van der Waals surface area contributed by atoms with Gasteiger partial charge in [-0.25, -0.2) is 0 Å². The van der Waals surface area contributed by atoms with Crippen LogP contribution in [0.3, 0.4) is 0 Å². The highest BCUT2D eigenvalue weighted by Crippen LogP contribution is 2.26. The van der Waals surface area contributed by atoms with Crippen molar-refractivity contribution in [2.75, 3.05) is 32.8 Å². The van der Waals surface area contributed by atoms with Gasteiger partial charge in [0.05, 0.1) is 6.61 Å². The van der Waals surface area contributed by atoms with Crippen LogP contribution in [0.5, 0.6) is 0 Å². The Labute approximate surface area is 133 Å². The first-order valence-corrected chi connectivity index (χ1v) is 8.98. The summed E-state index contributed by atoms with van der Waals surface area (Å²) in [5, 5.41) is 13.0. The second-order valence-corrected chi connectivity index (χ2v) is 7.25. The number of hydrogen-bond donors (Lipinski definition) is 2. The van der Waals surface area contributed by atoms with Crippen LogP contribution in [-0.2, 0) is 0 Å². The molecule has 0 aliphatic carbocycles. The van der Waals surface area contributed by atoms with E-state index < -0.39 is 0 Å². The first-order chi connectivity index (χ1) is 9.92. The van der Waals surface area contributed by atoms with Crippen molar-refractivity contribution < 1.29 is 5.11 Å². The molecular formula is C18H40N2O. The average molecular weight is 301 g/mol. The van der Waals surface area contributed by atoms with Crippen molar-refractivity contribution in [3.63, 3.8) is 0 Å². The molecule has 0 rings (SSSR count). The molecule has 0 saturated carbocycles. The van der Waals surface area contributed by atoms with Gasteiger partial charge in [0.1, 0.15) is 0 Å². The minimum absolute atomic E-state index is 0.262. The van der Waals surface area contributed by atoms with Gasteiger partial charge in [-0.1, -0.05) is 48.0 Å². The molecule has 1 atom stereocenters. The van der Waals surface area contributed by atoms with Crippen LogP contribution in [0, 0.1) is 11.3 Å². The molecule has 2 N–H and O–H groups in total. The van der Waals surface area contributed by atoms with Crippen molar-refractivity contribution in [2.24, 2.45) is 11.3 Å². The van der Waals surface area contributed by atoms with E-state index in [1.54, 1.807) is 0 Å². The summed E-state index contributed by atoms with van der Waals surface area (Å²) >= 11 is 0. The molecule has 128 valence electrons. The van der Waals surface area contributed by atoms with E-state index in [0.717, 1.165) is 39.0 Å². The Balaban J connectivity index is 4.72. The molecule has 0 radical (unpaired) electrons. The van der Waals surface area contributed by atoms with Crippen LogP contribution in [0.25, 0.3) is 0 Å². The molecule has 0 heterocycles. The lowest BCUT2D eigenvalue weighted by Gasteiger charge is -2.39. The Morgan fingerprint density at radius 1 is 1.14 bits per heavy atom. The van der Waals surface area contributed by atoms with Crippen LogP contribution < -0.4 is 5.32 Å². The van der Waals surface area contributed by atoms with Gasteiger partial charge in [-0.15, -0.1) is 0 Å². The normalized spacial score (nSPS) is 15.1. The molecule has 0 aromatic heterocycles. The Kier molecular flexibility index (Phi) is 11.4. The molecule has 0 bridgehead atoms. The lowest BCUT2D eigenvalue weighted by Crippen LogP contribution is -2.47. The second-order valence-electron chi connectivity index (χ2n) is 7.25. The van der Waals surface area contributed by atoms with E-state index in [-0.39, 0.29) is 6.61 Å². The van der Waals surface area contributed by atoms with Crippen LogP contribution in [-0.4, -0.2) is 48.8 Å². The zero-order chi connectivity index (χ0) is 16.3. The predicted octanol–water partition coefficient (Wildman–Crippen LogP) is 3.52. The van der Waals surface area contributed by atoms with Crippen molar-refractivity contribution in [3.8, 4) is 0 Å². The fourth-order valence-electron chi connectivity index (χ4n) is 3.30. The third kappa shape index (κ3) is 8.80. The average Bonchev–Trinajstić information content (AvgIpc) is 2.40. The summed E-state index contributed by atoms with van der Waals surface area (Å²) in [6, 6.07) is 0.596. The molecule has 0 aliphatic heterocycles. The van der Waals surface area contributed by atoms with Gasteiger partial charge in [-0.3, -0.25) is 4.90 Å². The third-order valence-electron chi connectivity index (χ3n) is 4.39. The highest BCUT2D eigenvalue weighted by atomic mass is 16.3. The van der Waals surface area contributed by atoms with E-state index >= 15 is 0 Å². The van der Waals surface area contributed by atoms with Gasteiger partial charge in [0.15, 0.2) is 0 Å². The van der Waals surface area contributed by atoms with Gasteiger partial charge in [0, 0.05) is 25.7 Å². The number of rotatable bonds is 13. The van der Waals surface area contributed by atoms with E-state index in [1.807, 2.05) is 0 Å². The smallest absolute Gasteiger partial charge is 0.0558 e. The second kappa shape index (κ2) is 11.4. The summed E-state index contributed by atoms with van der Waals surface area (Å²) in [6.07, 6.45) is 4.78. The molecule has 0 aromatic rings.